The van der Waals surface area contributed by atoms with Gasteiger partial charge in [-0.05, 0) is 36.9 Å². The zero-order chi connectivity index (χ0) is 16.9. The summed E-state index contributed by atoms with van der Waals surface area (Å²) >= 11 is 0. The lowest BCUT2D eigenvalue weighted by Gasteiger charge is -2.30. The van der Waals surface area contributed by atoms with Gasteiger partial charge in [0, 0.05) is 18.8 Å². The number of hydrogen-bond acceptors (Lipinski definition) is 4. The summed E-state index contributed by atoms with van der Waals surface area (Å²) in [7, 11) is 3.65. The Hall–Kier alpha value is -2.37. The third kappa shape index (κ3) is 3.75. The van der Waals surface area contributed by atoms with Crippen LogP contribution >= 0.6 is 0 Å². The van der Waals surface area contributed by atoms with E-state index in [2.05, 4.69) is 17.3 Å². The highest BCUT2D eigenvalue weighted by Crippen LogP contribution is 2.24. The molecule has 5 nitrogen and oxygen atoms in total. The summed E-state index contributed by atoms with van der Waals surface area (Å²) in [4.78, 5) is 14.7. The van der Waals surface area contributed by atoms with Crippen molar-refractivity contribution in [2.45, 2.75) is 6.10 Å². The van der Waals surface area contributed by atoms with Crippen LogP contribution in [0.5, 0.6) is 5.75 Å². The van der Waals surface area contributed by atoms with Crippen LogP contribution in [-0.4, -0.2) is 44.7 Å². The van der Waals surface area contributed by atoms with E-state index in [1.54, 1.807) is 19.2 Å². The highest BCUT2D eigenvalue weighted by atomic mass is 16.5. The average molecular weight is 326 g/mol. The first kappa shape index (κ1) is 16.5. The molecule has 0 aromatic heterocycles. The van der Waals surface area contributed by atoms with Crippen LogP contribution in [0.25, 0.3) is 0 Å². The van der Waals surface area contributed by atoms with Crippen molar-refractivity contribution in [1.82, 2.24) is 4.90 Å². The minimum atomic E-state index is -0.186. The van der Waals surface area contributed by atoms with Gasteiger partial charge in [-0.15, -0.1) is 0 Å². The predicted molar refractivity (Wildman–Crippen MR) is 93.6 cm³/mol. The van der Waals surface area contributed by atoms with E-state index >= 15 is 0 Å². The molecule has 0 radical (unpaired) electrons. The summed E-state index contributed by atoms with van der Waals surface area (Å²) in [6.07, 6.45) is 0.0859. The Morgan fingerprint density at radius 2 is 1.96 bits per heavy atom. The number of para-hydroxylation sites is 1. The van der Waals surface area contributed by atoms with Gasteiger partial charge in [-0.3, -0.25) is 4.79 Å². The van der Waals surface area contributed by atoms with Crippen molar-refractivity contribution in [1.29, 1.82) is 0 Å². The molecule has 5 heteroatoms. The van der Waals surface area contributed by atoms with Gasteiger partial charge >= 0.3 is 0 Å². The molecule has 1 atom stereocenters. The van der Waals surface area contributed by atoms with Crippen molar-refractivity contribution in [2.75, 3.05) is 39.2 Å². The first-order valence-corrected chi connectivity index (χ1v) is 8.02. The van der Waals surface area contributed by atoms with E-state index in [0.717, 1.165) is 30.9 Å². The number of anilines is 1. The Labute approximate surface area is 142 Å². The second kappa shape index (κ2) is 7.47. The summed E-state index contributed by atoms with van der Waals surface area (Å²) in [5.41, 5.74) is 2.39. The molecule has 0 aliphatic carbocycles. The lowest BCUT2D eigenvalue weighted by Crippen LogP contribution is -2.35. The Morgan fingerprint density at radius 1 is 1.21 bits per heavy atom. The SMILES string of the molecule is COc1ccccc1C(=O)Nc1ccc(C2CN(C)CCO2)cc1. The summed E-state index contributed by atoms with van der Waals surface area (Å²) < 4.78 is 11.0. The number of carbonyl (C=O) groups is 1. The number of methoxy groups -OCH3 is 1. The van der Waals surface area contributed by atoms with Crippen molar-refractivity contribution < 1.29 is 14.3 Å². The monoisotopic (exact) mass is 326 g/mol. The third-order valence-corrected chi connectivity index (χ3v) is 4.16. The maximum atomic E-state index is 12.4. The normalized spacial score (nSPS) is 18.2. The molecule has 2 aromatic carbocycles. The second-order valence-electron chi connectivity index (χ2n) is 5.90. The average Bonchev–Trinajstić information content (AvgIpc) is 2.62. The van der Waals surface area contributed by atoms with Gasteiger partial charge in [-0.25, -0.2) is 0 Å². The quantitative estimate of drug-likeness (QED) is 0.938. The molecule has 1 aliphatic rings. The van der Waals surface area contributed by atoms with Gasteiger partial charge in [0.25, 0.3) is 5.91 Å². The number of rotatable bonds is 4. The molecule has 0 spiro atoms. The van der Waals surface area contributed by atoms with Crippen LogP contribution in [0, 0.1) is 0 Å². The summed E-state index contributed by atoms with van der Waals surface area (Å²) in [5.74, 6) is 0.374. The van der Waals surface area contributed by atoms with Gasteiger partial charge in [0.15, 0.2) is 0 Å². The number of amides is 1. The van der Waals surface area contributed by atoms with Crippen LogP contribution in [-0.2, 0) is 4.74 Å². The van der Waals surface area contributed by atoms with Crippen LogP contribution in [0.2, 0.25) is 0 Å². The largest absolute Gasteiger partial charge is 0.496 e. The molecule has 1 aliphatic heterocycles. The zero-order valence-corrected chi connectivity index (χ0v) is 14.0. The van der Waals surface area contributed by atoms with E-state index in [0.29, 0.717) is 11.3 Å². The number of carbonyl (C=O) groups excluding carboxylic acids is 1. The maximum absolute atomic E-state index is 12.4. The predicted octanol–water partition coefficient (Wildman–Crippen LogP) is 2.95. The third-order valence-electron chi connectivity index (χ3n) is 4.16. The molecule has 24 heavy (non-hydrogen) atoms. The van der Waals surface area contributed by atoms with Crippen molar-refractivity contribution >= 4 is 11.6 Å². The molecule has 1 saturated heterocycles. The fourth-order valence-corrected chi connectivity index (χ4v) is 2.79. The fraction of sp³-hybridized carbons (Fsp3) is 0.316. The lowest BCUT2D eigenvalue weighted by atomic mass is 10.1. The highest BCUT2D eigenvalue weighted by Gasteiger charge is 2.19. The molecule has 126 valence electrons. The van der Waals surface area contributed by atoms with Crippen LogP contribution in [0.15, 0.2) is 48.5 Å². The molecule has 0 saturated carbocycles. The second-order valence-corrected chi connectivity index (χ2v) is 5.90. The van der Waals surface area contributed by atoms with Crippen LogP contribution in [0.1, 0.15) is 22.0 Å². The van der Waals surface area contributed by atoms with Gasteiger partial charge in [-0.2, -0.15) is 0 Å². The fourth-order valence-electron chi connectivity index (χ4n) is 2.79. The molecule has 1 unspecified atom stereocenters. The van der Waals surface area contributed by atoms with Crippen molar-refractivity contribution in [3.63, 3.8) is 0 Å². The zero-order valence-electron chi connectivity index (χ0n) is 14.0. The number of morpholine rings is 1. The summed E-state index contributed by atoms with van der Waals surface area (Å²) in [5, 5.41) is 2.90. The number of likely N-dealkylation sites (N-methyl/N-ethyl adjacent to an activating group) is 1. The first-order valence-electron chi connectivity index (χ1n) is 8.02. The maximum Gasteiger partial charge on any atom is 0.259 e. The Morgan fingerprint density at radius 3 is 2.67 bits per heavy atom. The molecular formula is C19H22N2O3. The van der Waals surface area contributed by atoms with Gasteiger partial charge in [-0.1, -0.05) is 24.3 Å². The van der Waals surface area contributed by atoms with E-state index in [-0.39, 0.29) is 12.0 Å². The number of benzene rings is 2. The van der Waals surface area contributed by atoms with Crippen LogP contribution in [0.4, 0.5) is 5.69 Å². The highest BCUT2D eigenvalue weighted by molar-refractivity contribution is 6.06. The van der Waals surface area contributed by atoms with Crippen LogP contribution < -0.4 is 10.1 Å². The molecule has 3 rings (SSSR count). The van der Waals surface area contributed by atoms with Crippen molar-refractivity contribution in [3.05, 3.63) is 59.7 Å². The van der Waals surface area contributed by atoms with Gasteiger partial charge in [0.1, 0.15) is 5.75 Å². The minimum Gasteiger partial charge on any atom is -0.496 e. The van der Waals surface area contributed by atoms with Crippen molar-refractivity contribution in [3.8, 4) is 5.75 Å². The molecule has 1 N–H and O–H groups in total. The van der Waals surface area contributed by atoms with E-state index < -0.39 is 0 Å². The first-order chi connectivity index (χ1) is 11.7. The van der Waals surface area contributed by atoms with E-state index in [1.165, 1.54) is 0 Å². The Bertz CT molecular complexity index is 700. The number of nitrogens with one attached hydrogen (secondary N) is 1. The van der Waals surface area contributed by atoms with E-state index in [4.69, 9.17) is 9.47 Å². The molecular weight excluding hydrogens is 304 g/mol. The van der Waals surface area contributed by atoms with Gasteiger partial charge in [0.2, 0.25) is 0 Å². The molecule has 1 amide bonds. The Kier molecular flexibility index (Phi) is 5.13. The van der Waals surface area contributed by atoms with Gasteiger partial charge < -0.3 is 19.7 Å². The minimum absolute atomic E-state index is 0.0859. The van der Waals surface area contributed by atoms with Gasteiger partial charge in [0.05, 0.1) is 25.4 Å². The number of nitrogens with zero attached hydrogens (tertiary/aromatic N) is 1. The summed E-state index contributed by atoms with van der Waals surface area (Å²) in [6.45, 7) is 2.59. The van der Waals surface area contributed by atoms with Crippen LogP contribution in [0.3, 0.4) is 0 Å². The molecule has 1 heterocycles. The lowest BCUT2D eigenvalue weighted by molar-refractivity contribution is -0.0208. The molecule has 2 aromatic rings. The smallest absolute Gasteiger partial charge is 0.259 e. The molecule has 1 fully saturated rings. The molecule has 0 bridgehead atoms. The standard InChI is InChI=1S/C19H22N2O3/c1-21-11-12-24-18(13-21)14-7-9-15(10-8-14)20-19(22)16-5-3-4-6-17(16)23-2/h3-10,18H,11-13H2,1-2H3,(H,20,22). The number of ether oxygens (including phenoxy) is 2. The van der Waals surface area contributed by atoms with E-state index in [1.807, 2.05) is 36.4 Å². The number of hydrogen-bond donors (Lipinski definition) is 1. The topological polar surface area (TPSA) is 50.8 Å². The van der Waals surface area contributed by atoms with Crippen molar-refractivity contribution in [2.24, 2.45) is 0 Å². The van der Waals surface area contributed by atoms with E-state index in [9.17, 15) is 4.79 Å². The summed E-state index contributed by atoms with van der Waals surface area (Å²) in [6, 6.07) is 15.0. The Balaban J connectivity index is 1.69.